The van der Waals surface area contributed by atoms with E-state index in [1.165, 1.54) is 5.56 Å². The zero-order chi connectivity index (χ0) is 17.6. The predicted molar refractivity (Wildman–Crippen MR) is 100 cm³/mol. The summed E-state index contributed by atoms with van der Waals surface area (Å²) in [5, 5.41) is 7.20. The van der Waals surface area contributed by atoms with Gasteiger partial charge in [-0.3, -0.25) is 4.79 Å². The predicted octanol–water partition coefficient (Wildman–Crippen LogP) is 2.01. The van der Waals surface area contributed by atoms with Crippen molar-refractivity contribution >= 4 is 23.1 Å². The number of pyridine rings is 1. The first-order chi connectivity index (χ1) is 12.1. The van der Waals surface area contributed by atoms with Gasteiger partial charge in [0, 0.05) is 25.8 Å². The van der Waals surface area contributed by atoms with Crippen molar-refractivity contribution in [2.75, 3.05) is 51.8 Å². The molecule has 1 saturated heterocycles. The molecular weight excluding hydrogens is 336 g/mol. The van der Waals surface area contributed by atoms with E-state index >= 15 is 0 Å². The third kappa shape index (κ3) is 4.56. The molecule has 1 aliphatic rings. The second kappa shape index (κ2) is 8.42. The van der Waals surface area contributed by atoms with E-state index in [1.807, 2.05) is 26.2 Å². The molecule has 0 radical (unpaired) electrons. The van der Waals surface area contributed by atoms with Crippen LogP contribution in [0.4, 0.5) is 5.82 Å². The van der Waals surface area contributed by atoms with Crippen LogP contribution in [0.3, 0.4) is 0 Å². The normalized spacial score (nSPS) is 16.0. The quantitative estimate of drug-likeness (QED) is 0.854. The number of hydrogen-bond acceptors (Lipinski definition) is 6. The zero-order valence-electron chi connectivity index (χ0n) is 14.6. The highest BCUT2D eigenvalue weighted by Gasteiger charge is 2.17. The molecule has 2 aromatic rings. The summed E-state index contributed by atoms with van der Waals surface area (Å²) in [6.07, 6.45) is 1.65. The third-order valence-electron chi connectivity index (χ3n) is 4.35. The lowest BCUT2D eigenvalue weighted by Gasteiger charge is -2.27. The number of aromatic nitrogens is 1. The lowest BCUT2D eigenvalue weighted by Crippen LogP contribution is -2.37. The minimum Gasteiger partial charge on any atom is -0.378 e. The van der Waals surface area contributed by atoms with Crippen molar-refractivity contribution in [3.8, 4) is 0 Å². The summed E-state index contributed by atoms with van der Waals surface area (Å²) in [5.41, 5.74) is 1.80. The van der Waals surface area contributed by atoms with Gasteiger partial charge >= 0.3 is 0 Å². The molecule has 7 heteroatoms. The Hall–Kier alpha value is -1.96. The van der Waals surface area contributed by atoms with Crippen LogP contribution in [0, 0.1) is 0 Å². The van der Waals surface area contributed by atoms with E-state index in [9.17, 15) is 4.79 Å². The lowest BCUT2D eigenvalue weighted by atomic mass is 10.1. The lowest BCUT2D eigenvalue weighted by molar-refractivity contribution is 0.0941. The molecular formula is C18H24N4O2S. The molecule has 1 N–H and O–H groups in total. The molecule has 2 aromatic heterocycles. The highest BCUT2D eigenvalue weighted by Crippen LogP contribution is 2.20. The molecule has 3 heterocycles. The molecule has 134 valence electrons. The van der Waals surface area contributed by atoms with Gasteiger partial charge in [0.05, 0.1) is 24.8 Å². The SMILES string of the molecule is CN(C)[C@@H](CNC(=O)c1ccc(N2CCOCC2)nc1)c1ccsc1. The van der Waals surface area contributed by atoms with E-state index in [0.717, 1.165) is 32.1 Å². The second-order valence-electron chi connectivity index (χ2n) is 6.25. The second-order valence-corrected chi connectivity index (χ2v) is 7.03. The summed E-state index contributed by atoms with van der Waals surface area (Å²) in [5.74, 6) is 0.799. The van der Waals surface area contributed by atoms with Crippen LogP contribution in [0.5, 0.6) is 0 Å². The Labute approximate surface area is 152 Å². The summed E-state index contributed by atoms with van der Waals surface area (Å²) >= 11 is 1.67. The van der Waals surface area contributed by atoms with Crippen LogP contribution >= 0.6 is 11.3 Å². The smallest absolute Gasteiger partial charge is 0.252 e. The summed E-state index contributed by atoms with van der Waals surface area (Å²) < 4.78 is 5.35. The molecule has 6 nitrogen and oxygen atoms in total. The fraction of sp³-hybridized carbons (Fsp3) is 0.444. The van der Waals surface area contributed by atoms with Crippen LogP contribution < -0.4 is 10.2 Å². The number of rotatable bonds is 6. The number of thiophene rings is 1. The molecule has 1 atom stereocenters. The van der Waals surface area contributed by atoms with Crippen molar-refractivity contribution in [2.45, 2.75) is 6.04 Å². The summed E-state index contributed by atoms with van der Waals surface area (Å²) in [6, 6.07) is 6.00. The first kappa shape index (κ1) is 17.8. The van der Waals surface area contributed by atoms with Crippen molar-refractivity contribution < 1.29 is 9.53 Å². The average molecular weight is 360 g/mol. The van der Waals surface area contributed by atoms with Crippen LogP contribution in [0.2, 0.25) is 0 Å². The molecule has 0 saturated carbocycles. The Bertz CT molecular complexity index is 667. The van der Waals surface area contributed by atoms with E-state index in [1.54, 1.807) is 17.5 Å². The highest BCUT2D eigenvalue weighted by molar-refractivity contribution is 7.07. The van der Waals surface area contributed by atoms with Crippen LogP contribution in [-0.4, -0.2) is 62.7 Å². The molecule has 0 bridgehead atoms. The van der Waals surface area contributed by atoms with E-state index in [4.69, 9.17) is 4.74 Å². The van der Waals surface area contributed by atoms with Crippen molar-refractivity contribution in [3.05, 3.63) is 46.3 Å². The van der Waals surface area contributed by atoms with Crippen molar-refractivity contribution in [2.24, 2.45) is 0 Å². The Morgan fingerprint density at radius 1 is 1.36 bits per heavy atom. The maximum atomic E-state index is 12.4. The van der Waals surface area contributed by atoms with Gasteiger partial charge in [0.2, 0.25) is 0 Å². The number of amides is 1. The molecule has 1 fully saturated rings. The summed E-state index contributed by atoms with van der Waals surface area (Å²) in [6.45, 7) is 3.68. The number of hydrogen-bond donors (Lipinski definition) is 1. The van der Waals surface area contributed by atoms with Gasteiger partial charge in [0.1, 0.15) is 5.82 Å². The molecule has 1 aliphatic heterocycles. The van der Waals surface area contributed by atoms with Gasteiger partial charge in [-0.1, -0.05) is 0 Å². The molecule has 0 spiro atoms. The maximum absolute atomic E-state index is 12.4. The number of anilines is 1. The van der Waals surface area contributed by atoms with E-state index in [0.29, 0.717) is 12.1 Å². The van der Waals surface area contributed by atoms with Crippen molar-refractivity contribution in [1.82, 2.24) is 15.2 Å². The molecule has 1 amide bonds. The van der Waals surface area contributed by atoms with E-state index < -0.39 is 0 Å². The Kier molecular flexibility index (Phi) is 6.01. The minimum atomic E-state index is -0.0943. The fourth-order valence-corrected chi connectivity index (χ4v) is 3.56. The number of ether oxygens (including phenoxy) is 1. The molecule has 0 aliphatic carbocycles. The number of carbonyl (C=O) groups excluding carboxylic acids is 1. The van der Waals surface area contributed by atoms with Crippen LogP contribution in [0.1, 0.15) is 22.0 Å². The van der Waals surface area contributed by atoms with Gasteiger partial charge in [-0.25, -0.2) is 4.98 Å². The van der Waals surface area contributed by atoms with E-state index in [2.05, 4.69) is 36.9 Å². The van der Waals surface area contributed by atoms with Crippen LogP contribution in [0.15, 0.2) is 35.2 Å². The number of morpholine rings is 1. The fourth-order valence-electron chi connectivity index (χ4n) is 2.85. The topological polar surface area (TPSA) is 57.7 Å². The number of likely N-dealkylation sites (N-methyl/N-ethyl adjacent to an activating group) is 1. The van der Waals surface area contributed by atoms with Gasteiger partial charge in [-0.05, 0) is 48.6 Å². The van der Waals surface area contributed by atoms with Crippen LogP contribution in [-0.2, 0) is 4.74 Å². The molecule has 0 unspecified atom stereocenters. The highest BCUT2D eigenvalue weighted by atomic mass is 32.1. The third-order valence-corrected chi connectivity index (χ3v) is 5.05. The molecule has 3 rings (SSSR count). The van der Waals surface area contributed by atoms with E-state index in [-0.39, 0.29) is 11.9 Å². The minimum absolute atomic E-state index is 0.0943. The summed E-state index contributed by atoms with van der Waals surface area (Å²) in [7, 11) is 4.04. The largest absolute Gasteiger partial charge is 0.378 e. The summed E-state index contributed by atoms with van der Waals surface area (Å²) in [4.78, 5) is 21.1. The zero-order valence-corrected chi connectivity index (χ0v) is 15.5. The number of nitrogens with zero attached hydrogens (tertiary/aromatic N) is 3. The Balaban J connectivity index is 1.59. The number of nitrogens with one attached hydrogen (secondary N) is 1. The monoisotopic (exact) mass is 360 g/mol. The average Bonchev–Trinajstić information content (AvgIpc) is 3.16. The van der Waals surface area contributed by atoms with Gasteiger partial charge in [0.25, 0.3) is 5.91 Å². The first-order valence-corrected chi connectivity index (χ1v) is 9.35. The van der Waals surface area contributed by atoms with Gasteiger partial charge in [-0.2, -0.15) is 11.3 Å². The molecule has 0 aromatic carbocycles. The van der Waals surface area contributed by atoms with Gasteiger partial charge < -0.3 is 19.9 Å². The Morgan fingerprint density at radius 3 is 2.76 bits per heavy atom. The standard InChI is InChI=1S/C18H24N4O2S/c1-21(2)16(15-5-10-25-13-15)12-20-18(23)14-3-4-17(19-11-14)22-6-8-24-9-7-22/h3-5,10-11,13,16H,6-9,12H2,1-2H3,(H,20,23)/t16-/m0/s1. The van der Waals surface area contributed by atoms with Crippen LogP contribution in [0.25, 0.3) is 0 Å². The Morgan fingerprint density at radius 2 is 2.16 bits per heavy atom. The maximum Gasteiger partial charge on any atom is 0.252 e. The van der Waals surface area contributed by atoms with Gasteiger partial charge in [-0.15, -0.1) is 0 Å². The van der Waals surface area contributed by atoms with Crippen molar-refractivity contribution in [3.63, 3.8) is 0 Å². The first-order valence-electron chi connectivity index (χ1n) is 8.40. The number of carbonyl (C=O) groups is 1. The van der Waals surface area contributed by atoms with Crippen molar-refractivity contribution in [1.29, 1.82) is 0 Å². The van der Waals surface area contributed by atoms with Gasteiger partial charge in [0.15, 0.2) is 0 Å². The molecule has 25 heavy (non-hydrogen) atoms.